The summed E-state index contributed by atoms with van der Waals surface area (Å²) in [6.07, 6.45) is 0. The SMILES string of the molecule is CCOCCNc1ccc(S(=O)(=O)NC)c(N)c1. The lowest BCUT2D eigenvalue weighted by molar-refractivity contribution is 0.158. The van der Waals surface area contributed by atoms with Gasteiger partial charge in [-0.05, 0) is 32.2 Å². The van der Waals surface area contributed by atoms with Crippen molar-refractivity contribution in [3.05, 3.63) is 18.2 Å². The molecule has 0 aliphatic carbocycles. The second-order valence-corrected chi connectivity index (χ2v) is 5.44. The number of nitrogens with two attached hydrogens (primary N) is 1. The molecule has 0 fully saturated rings. The van der Waals surface area contributed by atoms with Gasteiger partial charge in [-0.2, -0.15) is 0 Å². The Hall–Kier alpha value is -1.31. The number of hydrogen-bond donors (Lipinski definition) is 3. The van der Waals surface area contributed by atoms with E-state index in [9.17, 15) is 8.42 Å². The van der Waals surface area contributed by atoms with Gasteiger partial charge in [0.05, 0.1) is 12.3 Å². The maximum Gasteiger partial charge on any atom is 0.242 e. The van der Waals surface area contributed by atoms with E-state index in [1.165, 1.54) is 13.1 Å². The van der Waals surface area contributed by atoms with Crippen LogP contribution in [-0.4, -0.2) is 35.2 Å². The molecule has 0 aliphatic rings. The molecule has 102 valence electrons. The van der Waals surface area contributed by atoms with Gasteiger partial charge in [0.25, 0.3) is 0 Å². The van der Waals surface area contributed by atoms with Gasteiger partial charge in [0, 0.05) is 18.8 Å². The molecule has 0 amide bonds. The van der Waals surface area contributed by atoms with E-state index in [2.05, 4.69) is 10.0 Å². The van der Waals surface area contributed by atoms with Crippen molar-refractivity contribution in [3.63, 3.8) is 0 Å². The molecule has 0 atom stereocenters. The fraction of sp³-hybridized carbons (Fsp3) is 0.455. The van der Waals surface area contributed by atoms with Crippen molar-refractivity contribution in [2.75, 3.05) is 37.9 Å². The fourth-order valence-corrected chi connectivity index (χ4v) is 2.26. The van der Waals surface area contributed by atoms with Crippen LogP contribution in [0.1, 0.15) is 6.92 Å². The van der Waals surface area contributed by atoms with Crippen LogP contribution < -0.4 is 15.8 Å². The predicted molar refractivity (Wildman–Crippen MR) is 72.1 cm³/mol. The number of benzene rings is 1. The Morgan fingerprint density at radius 3 is 2.67 bits per heavy atom. The van der Waals surface area contributed by atoms with Gasteiger partial charge in [-0.3, -0.25) is 0 Å². The zero-order valence-electron chi connectivity index (χ0n) is 10.6. The van der Waals surface area contributed by atoms with Crippen molar-refractivity contribution in [3.8, 4) is 0 Å². The van der Waals surface area contributed by atoms with Gasteiger partial charge in [-0.15, -0.1) is 0 Å². The van der Waals surface area contributed by atoms with Crippen LogP contribution in [0.5, 0.6) is 0 Å². The minimum Gasteiger partial charge on any atom is -0.398 e. The molecule has 0 aromatic heterocycles. The second kappa shape index (κ2) is 6.58. The summed E-state index contributed by atoms with van der Waals surface area (Å²) in [7, 11) is -2.15. The summed E-state index contributed by atoms with van der Waals surface area (Å²) in [6.45, 7) is 3.83. The topological polar surface area (TPSA) is 93.4 Å². The number of hydrogen-bond acceptors (Lipinski definition) is 5. The Kier molecular flexibility index (Phi) is 5.39. The summed E-state index contributed by atoms with van der Waals surface area (Å²) in [5, 5.41) is 3.10. The van der Waals surface area contributed by atoms with E-state index in [1.54, 1.807) is 12.1 Å². The molecule has 0 bridgehead atoms. The molecule has 18 heavy (non-hydrogen) atoms. The number of rotatable bonds is 7. The minimum absolute atomic E-state index is 0.0837. The third-order valence-corrected chi connectivity index (χ3v) is 3.84. The molecule has 7 heteroatoms. The van der Waals surface area contributed by atoms with Crippen LogP contribution in [0.15, 0.2) is 23.1 Å². The van der Waals surface area contributed by atoms with Crippen LogP contribution in [-0.2, 0) is 14.8 Å². The standard InChI is InChI=1S/C11H19N3O3S/c1-3-17-7-6-14-9-4-5-11(10(12)8-9)18(15,16)13-2/h4-5,8,13-14H,3,6-7,12H2,1-2H3. The van der Waals surface area contributed by atoms with Crippen LogP contribution in [0.2, 0.25) is 0 Å². The van der Waals surface area contributed by atoms with Crippen LogP contribution in [0.3, 0.4) is 0 Å². The van der Waals surface area contributed by atoms with E-state index in [1.807, 2.05) is 6.92 Å². The average Bonchev–Trinajstić information content (AvgIpc) is 2.34. The lowest BCUT2D eigenvalue weighted by Crippen LogP contribution is -2.20. The maximum atomic E-state index is 11.6. The first kappa shape index (κ1) is 14.7. The van der Waals surface area contributed by atoms with Crippen molar-refractivity contribution in [2.45, 2.75) is 11.8 Å². The van der Waals surface area contributed by atoms with Gasteiger partial charge in [0.2, 0.25) is 10.0 Å². The lowest BCUT2D eigenvalue weighted by atomic mass is 10.3. The third kappa shape index (κ3) is 3.86. The summed E-state index contributed by atoms with van der Waals surface area (Å²) in [4.78, 5) is 0.0837. The largest absolute Gasteiger partial charge is 0.398 e. The van der Waals surface area contributed by atoms with Crippen molar-refractivity contribution in [1.82, 2.24) is 4.72 Å². The average molecular weight is 273 g/mol. The smallest absolute Gasteiger partial charge is 0.242 e. The number of anilines is 2. The molecular weight excluding hydrogens is 254 g/mol. The highest BCUT2D eigenvalue weighted by Crippen LogP contribution is 2.21. The zero-order valence-corrected chi connectivity index (χ0v) is 11.4. The molecule has 0 saturated heterocycles. The molecule has 6 nitrogen and oxygen atoms in total. The maximum absolute atomic E-state index is 11.6. The van der Waals surface area contributed by atoms with Gasteiger partial charge in [-0.25, -0.2) is 13.1 Å². The molecule has 4 N–H and O–H groups in total. The Balaban J connectivity index is 2.74. The molecule has 0 spiro atoms. The van der Waals surface area contributed by atoms with Crippen molar-refractivity contribution in [2.24, 2.45) is 0 Å². The van der Waals surface area contributed by atoms with E-state index in [-0.39, 0.29) is 10.6 Å². The van der Waals surface area contributed by atoms with Crippen LogP contribution in [0, 0.1) is 0 Å². The Bertz CT molecular complexity index is 488. The van der Waals surface area contributed by atoms with Crippen LogP contribution >= 0.6 is 0 Å². The number of sulfonamides is 1. The van der Waals surface area contributed by atoms with Crippen molar-refractivity contribution >= 4 is 21.4 Å². The van der Waals surface area contributed by atoms with E-state index >= 15 is 0 Å². The highest BCUT2D eigenvalue weighted by atomic mass is 32.2. The summed E-state index contributed by atoms with van der Waals surface area (Å²) in [6, 6.07) is 4.74. The number of nitrogens with one attached hydrogen (secondary N) is 2. The fourth-order valence-electron chi connectivity index (χ4n) is 1.42. The first-order chi connectivity index (χ1) is 8.51. The third-order valence-electron chi connectivity index (χ3n) is 2.35. The molecular formula is C11H19N3O3S. The molecule has 0 unspecified atom stereocenters. The normalized spacial score (nSPS) is 11.4. The summed E-state index contributed by atoms with van der Waals surface area (Å²) >= 11 is 0. The molecule has 1 rings (SSSR count). The van der Waals surface area contributed by atoms with E-state index in [0.717, 1.165) is 5.69 Å². The molecule has 0 saturated carbocycles. The Morgan fingerprint density at radius 2 is 2.11 bits per heavy atom. The van der Waals surface area contributed by atoms with Gasteiger partial charge in [-0.1, -0.05) is 0 Å². The van der Waals surface area contributed by atoms with Crippen LogP contribution in [0.4, 0.5) is 11.4 Å². The predicted octanol–water partition coefficient (Wildman–Crippen LogP) is 0.625. The first-order valence-electron chi connectivity index (χ1n) is 5.66. The molecule has 0 heterocycles. The number of ether oxygens (including phenoxy) is 1. The molecule has 1 aromatic carbocycles. The Morgan fingerprint density at radius 1 is 1.39 bits per heavy atom. The molecule has 0 radical (unpaired) electrons. The highest BCUT2D eigenvalue weighted by Gasteiger charge is 2.14. The van der Waals surface area contributed by atoms with Gasteiger partial charge >= 0.3 is 0 Å². The van der Waals surface area contributed by atoms with Crippen molar-refractivity contribution < 1.29 is 13.2 Å². The zero-order chi connectivity index (χ0) is 13.6. The van der Waals surface area contributed by atoms with Crippen LogP contribution in [0.25, 0.3) is 0 Å². The number of nitrogen functional groups attached to an aromatic ring is 1. The van der Waals surface area contributed by atoms with E-state index in [4.69, 9.17) is 10.5 Å². The highest BCUT2D eigenvalue weighted by molar-refractivity contribution is 7.89. The van der Waals surface area contributed by atoms with E-state index < -0.39 is 10.0 Å². The summed E-state index contributed by atoms with van der Waals surface area (Å²) in [5.74, 6) is 0. The summed E-state index contributed by atoms with van der Waals surface area (Å²) < 4.78 is 30.6. The second-order valence-electron chi connectivity index (χ2n) is 3.58. The first-order valence-corrected chi connectivity index (χ1v) is 7.14. The molecule has 0 aliphatic heterocycles. The summed E-state index contributed by atoms with van der Waals surface area (Å²) in [5.41, 5.74) is 6.70. The molecule has 1 aromatic rings. The quantitative estimate of drug-likeness (QED) is 0.500. The van der Waals surface area contributed by atoms with Gasteiger partial charge < -0.3 is 15.8 Å². The van der Waals surface area contributed by atoms with Gasteiger partial charge in [0.1, 0.15) is 4.90 Å². The minimum atomic E-state index is -3.50. The monoisotopic (exact) mass is 273 g/mol. The Labute approximate surface area is 108 Å². The lowest BCUT2D eigenvalue weighted by Gasteiger charge is -2.10. The van der Waals surface area contributed by atoms with Crippen molar-refractivity contribution in [1.29, 1.82) is 0 Å². The van der Waals surface area contributed by atoms with E-state index in [0.29, 0.717) is 19.8 Å². The van der Waals surface area contributed by atoms with Gasteiger partial charge in [0.15, 0.2) is 0 Å².